The minimum atomic E-state index is 0.0251. The van der Waals surface area contributed by atoms with Gasteiger partial charge in [0.25, 0.3) is 5.91 Å². The molecule has 1 aliphatic rings. The maximum absolute atomic E-state index is 11.9. The fourth-order valence-electron chi connectivity index (χ4n) is 2.32. The van der Waals surface area contributed by atoms with Crippen LogP contribution in [0.2, 0.25) is 0 Å². The van der Waals surface area contributed by atoms with Crippen molar-refractivity contribution in [2.24, 2.45) is 5.41 Å². The number of nitrogens with one attached hydrogen (secondary N) is 1. The number of aromatic nitrogens is 1. The van der Waals surface area contributed by atoms with Gasteiger partial charge in [-0.05, 0) is 43.2 Å². The van der Waals surface area contributed by atoms with Gasteiger partial charge in [0.2, 0.25) is 0 Å². The van der Waals surface area contributed by atoms with Crippen LogP contribution in [0.4, 0.5) is 0 Å². The minimum absolute atomic E-state index is 0.0251. The van der Waals surface area contributed by atoms with Gasteiger partial charge in [0, 0.05) is 24.0 Å². The number of amides is 1. The second-order valence-corrected chi connectivity index (χ2v) is 5.65. The van der Waals surface area contributed by atoms with Crippen molar-refractivity contribution in [3.8, 4) is 0 Å². The molecular formula is C20H38N2O. The lowest BCUT2D eigenvalue weighted by atomic mass is 9.75. The van der Waals surface area contributed by atoms with Gasteiger partial charge in [-0.1, -0.05) is 55.4 Å². The summed E-state index contributed by atoms with van der Waals surface area (Å²) < 4.78 is 0. The average molecular weight is 323 g/mol. The number of hydrogen-bond acceptors (Lipinski definition) is 2. The molecule has 134 valence electrons. The van der Waals surface area contributed by atoms with Crippen molar-refractivity contribution in [2.75, 3.05) is 0 Å². The van der Waals surface area contributed by atoms with Crippen LogP contribution in [0, 0.1) is 5.41 Å². The molecule has 1 amide bonds. The highest BCUT2D eigenvalue weighted by molar-refractivity contribution is 5.94. The Hall–Kier alpha value is -1.38. The first-order valence-corrected chi connectivity index (χ1v) is 9.28. The molecule has 0 bridgehead atoms. The van der Waals surface area contributed by atoms with Gasteiger partial charge in [0.1, 0.15) is 0 Å². The van der Waals surface area contributed by atoms with E-state index in [4.69, 9.17) is 0 Å². The largest absolute Gasteiger partial charge is 0.349 e. The van der Waals surface area contributed by atoms with Crippen LogP contribution in [0.15, 0.2) is 24.5 Å². The van der Waals surface area contributed by atoms with Gasteiger partial charge in [0.05, 0.1) is 0 Å². The van der Waals surface area contributed by atoms with Gasteiger partial charge >= 0.3 is 0 Å². The summed E-state index contributed by atoms with van der Waals surface area (Å²) in [6.45, 7) is 16.6. The summed E-state index contributed by atoms with van der Waals surface area (Å²) in [5.41, 5.74) is 1.14. The third-order valence-corrected chi connectivity index (χ3v) is 3.62. The van der Waals surface area contributed by atoms with Gasteiger partial charge in [0.15, 0.2) is 0 Å². The zero-order valence-electron chi connectivity index (χ0n) is 16.6. The number of carbonyl (C=O) groups excluding carboxylic acids is 1. The number of nitrogens with zero attached hydrogens (tertiary/aromatic N) is 1. The average Bonchev–Trinajstić information content (AvgIpc) is 2.63. The molecule has 1 N–H and O–H groups in total. The van der Waals surface area contributed by atoms with Crippen LogP contribution in [0.1, 0.15) is 91.4 Å². The van der Waals surface area contributed by atoms with Crippen LogP contribution in [0.3, 0.4) is 0 Å². The van der Waals surface area contributed by atoms with Gasteiger partial charge in [-0.2, -0.15) is 0 Å². The fraction of sp³-hybridized carbons (Fsp3) is 0.700. The first-order chi connectivity index (χ1) is 11.1. The Morgan fingerprint density at radius 2 is 1.43 bits per heavy atom. The minimum Gasteiger partial charge on any atom is -0.349 e. The van der Waals surface area contributed by atoms with Crippen LogP contribution in [-0.4, -0.2) is 16.9 Å². The topological polar surface area (TPSA) is 42.0 Å². The second kappa shape index (κ2) is 14.2. The summed E-state index contributed by atoms with van der Waals surface area (Å²) >= 11 is 0. The quantitative estimate of drug-likeness (QED) is 0.741. The molecule has 0 unspecified atom stereocenters. The molecular weight excluding hydrogens is 284 g/mol. The predicted molar refractivity (Wildman–Crippen MR) is 102 cm³/mol. The van der Waals surface area contributed by atoms with Crippen LogP contribution in [-0.2, 0) is 0 Å². The lowest BCUT2D eigenvalue weighted by Gasteiger charge is -2.34. The molecule has 3 heteroatoms. The third-order valence-electron chi connectivity index (χ3n) is 3.62. The number of rotatable bonds is 2. The second-order valence-electron chi connectivity index (χ2n) is 5.65. The molecule has 1 saturated carbocycles. The molecule has 23 heavy (non-hydrogen) atoms. The zero-order valence-corrected chi connectivity index (χ0v) is 16.6. The summed E-state index contributed by atoms with van der Waals surface area (Å²) in [6.07, 6.45) is 7.86. The van der Waals surface area contributed by atoms with E-state index in [0.717, 1.165) is 12.8 Å². The van der Waals surface area contributed by atoms with Gasteiger partial charge in [-0.3, -0.25) is 9.78 Å². The highest BCUT2D eigenvalue weighted by Crippen LogP contribution is 2.35. The molecule has 1 fully saturated rings. The molecule has 0 aliphatic heterocycles. The normalized spacial score (nSPS) is 15.5. The summed E-state index contributed by atoms with van der Waals surface area (Å²) in [7, 11) is 0. The zero-order chi connectivity index (χ0) is 18.3. The first-order valence-electron chi connectivity index (χ1n) is 9.28. The van der Waals surface area contributed by atoms with E-state index in [2.05, 4.69) is 24.1 Å². The van der Waals surface area contributed by atoms with Crippen molar-refractivity contribution < 1.29 is 4.79 Å². The number of pyridine rings is 1. The molecule has 1 heterocycles. The van der Waals surface area contributed by atoms with Crippen molar-refractivity contribution >= 4 is 5.91 Å². The van der Waals surface area contributed by atoms with E-state index in [0.29, 0.717) is 17.0 Å². The fourth-order valence-corrected chi connectivity index (χ4v) is 2.32. The maximum Gasteiger partial charge on any atom is 0.251 e. The van der Waals surface area contributed by atoms with Gasteiger partial charge < -0.3 is 5.32 Å². The number of hydrogen-bond donors (Lipinski definition) is 1. The maximum atomic E-state index is 11.9. The summed E-state index contributed by atoms with van der Waals surface area (Å²) in [4.78, 5) is 15.8. The van der Waals surface area contributed by atoms with Gasteiger partial charge in [-0.25, -0.2) is 0 Å². The molecule has 2 rings (SSSR count). The molecule has 0 aromatic carbocycles. The Labute approximate surface area is 144 Å². The Morgan fingerprint density at radius 1 is 1.00 bits per heavy atom. The lowest BCUT2D eigenvalue weighted by Crippen LogP contribution is -2.39. The molecule has 0 saturated heterocycles. The Bertz CT molecular complexity index is 378. The molecule has 0 atom stereocenters. The lowest BCUT2D eigenvalue weighted by molar-refractivity contribution is 0.0909. The van der Waals surface area contributed by atoms with E-state index in [1.165, 1.54) is 12.8 Å². The van der Waals surface area contributed by atoms with Crippen LogP contribution < -0.4 is 5.32 Å². The van der Waals surface area contributed by atoms with Crippen molar-refractivity contribution in [2.45, 2.75) is 87.1 Å². The summed E-state index contributed by atoms with van der Waals surface area (Å²) in [6, 6.07) is 3.84. The SMILES string of the molecule is CC.CC.CC.CC1(C)CCC(NC(=O)c2ccncc2)CC1. The monoisotopic (exact) mass is 322 g/mol. The van der Waals surface area contributed by atoms with E-state index < -0.39 is 0 Å². The summed E-state index contributed by atoms with van der Waals surface area (Å²) in [5, 5.41) is 3.11. The molecule has 0 spiro atoms. The van der Waals surface area contributed by atoms with E-state index >= 15 is 0 Å². The highest BCUT2D eigenvalue weighted by Gasteiger charge is 2.27. The third kappa shape index (κ3) is 10.1. The van der Waals surface area contributed by atoms with Crippen molar-refractivity contribution in [1.82, 2.24) is 10.3 Å². The molecule has 1 aliphatic carbocycles. The molecule has 1 aromatic heterocycles. The molecule has 1 aromatic rings. The highest BCUT2D eigenvalue weighted by atomic mass is 16.1. The molecule has 3 nitrogen and oxygen atoms in total. The van der Waals surface area contributed by atoms with Crippen molar-refractivity contribution in [3.63, 3.8) is 0 Å². The van der Waals surface area contributed by atoms with Crippen molar-refractivity contribution in [3.05, 3.63) is 30.1 Å². The van der Waals surface area contributed by atoms with Crippen LogP contribution in [0.25, 0.3) is 0 Å². The van der Waals surface area contributed by atoms with E-state index in [1.807, 2.05) is 41.5 Å². The summed E-state index contributed by atoms with van der Waals surface area (Å²) in [5.74, 6) is 0.0251. The van der Waals surface area contributed by atoms with Gasteiger partial charge in [-0.15, -0.1) is 0 Å². The van der Waals surface area contributed by atoms with Crippen LogP contribution >= 0.6 is 0 Å². The van der Waals surface area contributed by atoms with Crippen LogP contribution in [0.5, 0.6) is 0 Å². The molecule has 0 radical (unpaired) electrons. The standard InChI is InChI=1S/C14H20N2O.3C2H6/c1-14(2)7-3-12(4-8-14)16-13(17)11-5-9-15-10-6-11;3*1-2/h5-6,9-10,12H,3-4,7-8H2,1-2H3,(H,16,17);3*1-2H3. The Kier molecular flexibility index (Phi) is 14.8. The van der Waals surface area contributed by atoms with E-state index in [-0.39, 0.29) is 5.91 Å². The van der Waals surface area contributed by atoms with Crippen molar-refractivity contribution in [1.29, 1.82) is 0 Å². The Morgan fingerprint density at radius 3 is 1.87 bits per heavy atom. The first kappa shape index (κ1) is 23.9. The smallest absolute Gasteiger partial charge is 0.251 e. The van der Waals surface area contributed by atoms with E-state index in [9.17, 15) is 4.79 Å². The Balaban J connectivity index is 0. The van der Waals surface area contributed by atoms with E-state index in [1.54, 1.807) is 24.5 Å². The predicted octanol–water partition coefficient (Wildman–Crippen LogP) is 5.86. The number of carbonyl (C=O) groups is 1.